The van der Waals surface area contributed by atoms with E-state index in [0.29, 0.717) is 6.61 Å². The number of hydrogen-bond donors (Lipinski definition) is 1. The number of ether oxygens (including phenoxy) is 1. The molecule has 0 spiro atoms. The molecule has 18 heavy (non-hydrogen) atoms. The van der Waals surface area contributed by atoms with Crippen molar-refractivity contribution in [3.8, 4) is 0 Å². The number of methoxy groups -OCH3 is 1. The summed E-state index contributed by atoms with van der Waals surface area (Å²) < 4.78 is 5.82. The summed E-state index contributed by atoms with van der Waals surface area (Å²) in [5, 5.41) is 6.29. The Kier molecular flexibility index (Phi) is 5.58. The topological polar surface area (TPSA) is 73.2 Å². The van der Waals surface area contributed by atoms with Crippen LogP contribution in [-0.4, -0.2) is 35.4 Å². The molecule has 1 N–H and O–H groups in total. The number of hydrogen-bond acceptors (Lipinski definition) is 4. The van der Waals surface area contributed by atoms with Crippen LogP contribution in [0.2, 0.25) is 10.0 Å². The SMILES string of the molecule is COC[C@@H](C)NC(=O)Cn1ncc(Cl)c(Cl)c1=O. The molecule has 1 aromatic heterocycles. The van der Waals surface area contributed by atoms with Gasteiger partial charge in [-0.25, -0.2) is 4.68 Å². The molecule has 1 rings (SSSR count). The van der Waals surface area contributed by atoms with E-state index >= 15 is 0 Å². The number of nitrogens with one attached hydrogen (secondary N) is 1. The molecule has 8 heteroatoms. The van der Waals surface area contributed by atoms with Crippen molar-refractivity contribution in [2.75, 3.05) is 13.7 Å². The third kappa shape index (κ3) is 3.97. The second-order valence-corrected chi connectivity index (χ2v) is 4.48. The fourth-order valence-corrected chi connectivity index (χ4v) is 1.58. The fraction of sp³-hybridized carbons (Fsp3) is 0.500. The second-order valence-electron chi connectivity index (χ2n) is 3.69. The lowest BCUT2D eigenvalue weighted by Gasteiger charge is -2.13. The van der Waals surface area contributed by atoms with Crippen LogP contribution in [0, 0.1) is 0 Å². The van der Waals surface area contributed by atoms with Gasteiger partial charge in [0, 0.05) is 13.2 Å². The molecular formula is C10H13Cl2N3O3. The van der Waals surface area contributed by atoms with Gasteiger partial charge in [-0.3, -0.25) is 9.59 Å². The molecule has 0 radical (unpaired) electrons. The Labute approximate surface area is 114 Å². The second kappa shape index (κ2) is 6.72. The lowest BCUT2D eigenvalue weighted by Crippen LogP contribution is -2.40. The summed E-state index contributed by atoms with van der Waals surface area (Å²) in [5.74, 6) is -0.354. The number of amides is 1. The summed E-state index contributed by atoms with van der Waals surface area (Å²) in [5.41, 5.74) is -0.598. The van der Waals surface area contributed by atoms with E-state index in [1.807, 2.05) is 0 Å². The molecule has 0 unspecified atom stereocenters. The van der Waals surface area contributed by atoms with Crippen molar-refractivity contribution in [1.29, 1.82) is 0 Å². The molecule has 0 aromatic carbocycles. The fourth-order valence-electron chi connectivity index (χ4n) is 1.31. The van der Waals surface area contributed by atoms with Crippen LogP contribution in [0.3, 0.4) is 0 Å². The normalized spacial score (nSPS) is 12.2. The van der Waals surface area contributed by atoms with E-state index in [9.17, 15) is 9.59 Å². The largest absolute Gasteiger partial charge is 0.383 e. The smallest absolute Gasteiger partial charge is 0.287 e. The highest BCUT2D eigenvalue weighted by Crippen LogP contribution is 2.14. The van der Waals surface area contributed by atoms with Crippen molar-refractivity contribution in [3.05, 3.63) is 26.6 Å². The average molecular weight is 294 g/mol. The number of rotatable bonds is 5. The van der Waals surface area contributed by atoms with Gasteiger partial charge in [0.05, 0.1) is 17.8 Å². The molecule has 0 fully saturated rings. The van der Waals surface area contributed by atoms with Crippen LogP contribution < -0.4 is 10.9 Å². The standard InChI is InChI=1S/C10H13Cl2N3O3/c1-6(5-18-2)14-8(16)4-15-10(17)9(12)7(11)3-13-15/h3,6H,4-5H2,1-2H3,(H,14,16)/t6-/m1/s1. The van der Waals surface area contributed by atoms with Gasteiger partial charge < -0.3 is 10.1 Å². The maximum atomic E-state index is 11.6. The zero-order valence-corrected chi connectivity index (χ0v) is 11.5. The molecule has 0 aliphatic carbocycles. The van der Waals surface area contributed by atoms with E-state index in [-0.39, 0.29) is 28.5 Å². The molecule has 1 heterocycles. The minimum Gasteiger partial charge on any atom is -0.383 e. The van der Waals surface area contributed by atoms with Crippen molar-refractivity contribution in [3.63, 3.8) is 0 Å². The van der Waals surface area contributed by atoms with Gasteiger partial charge in [-0.15, -0.1) is 0 Å². The lowest BCUT2D eigenvalue weighted by atomic mass is 10.3. The first-order valence-electron chi connectivity index (χ1n) is 5.15. The van der Waals surface area contributed by atoms with Gasteiger partial charge in [0.25, 0.3) is 5.56 Å². The van der Waals surface area contributed by atoms with Crippen LogP contribution in [0.5, 0.6) is 0 Å². The van der Waals surface area contributed by atoms with Gasteiger partial charge in [0.1, 0.15) is 11.6 Å². The molecule has 0 aliphatic heterocycles. The van der Waals surface area contributed by atoms with E-state index in [1.54, 1.807) is 6.92 Å². The Bertz CT molecular complexity index is 490. The lowest BCUT2D eigenvalue weighted by molar-refractivity contribution is -0.122. The van der Waals surface area contributed by atoms with Gasteiger partial charge in [0.2, 0.25) is 5.91 Å². The monoisotopic (exact) mass is 293 g/mol. The summed E-state index contributed by atoms with van der Waals surface area (Å²) in [4.78, 5) is 23.2. The quantitative estimate of drug-likeness (QED) is 0.867. The summed E-state index contributed by atoms with van der Waals surface area (Å²) in [7, 11) is 1.54. The summed E-state index contributed by atoms with van der Waals surface area (Å²) >= 11 is 11.3. The number of aromatic nitrogens is 2. The van der Waals surface area contributed by atoms with Crippen molar-refractivity contribution < 1.29 is 9.53 Å². The van der Waals surface area contributed by atoms with E-state index in [4.69, 9.17) is 27.9 Å². The average Bonchev–Trinajstić information content (AvgIpc) is 2.30. The minimum absolute atomic E-state index is 0.0612. The maximum absolute atomic E-state index is 11.6. The molecule has 0 aliphatic rings. The third-order valence-corrected chi connectivity index (χ3v) is 2.81. The van der Waals surface area contributed by atoms with Gasteiger partial charge in [-0.2, -0.15) is 5.10 Å². The maximum Gasteiger partial charge on any atom is 0.287 e. The molecule has 0 bridgehead atoms. The zero-order chi connectivity index (χ0) is 13.7. The van der Waals surface area contributed by atoms with Crippen LogP contribution >= 0.6 is 23.2 Å². The van der Waals surface area contributed by atoms with Crippen molar-refractivity contribution in [2.24, 2.45) is 0 Å². The highest BCUT2D eigenvalue weighted by atomic mass is 35.5. The predicted molar refractivity (Wildman–Crippen MR) is 68.0 cm³/mol. The third-order valence-electron chi connectivity index (χ3n) is 2.06. The highest BCUT2D eigenvalue weighted by Gasteiger charge is 2.12. The Morgan fingerprint density at radius 2 is 2.28 bits per heavy atom. The van der Waals surface area contributed by atoms with Crippen LogP contribution in [0.1, 0.15) is 6.92 Å². The van der Waals surface area contributed by atoms with E-state index < -0.39 is 5.56 Å². The van der Waals surface area contributed by atoms with Crippen molar-refractivity contribution in [2.45, 2.75) is 19.5 Å². The molecule has 0 saturated carbocycles. The predicted octanol–water partition coefficient (Wildman–Crippen LogP) is 0.701. The van der Waals surface area contributed by atoms with Gasteiger partial charge in [-0.1, -0.05) is 23.2 Å². The van der Waals surface area contributed by atoms with Gasteiger partial charge in [-0.05, 0) is 6.92 Å². The van der Waals surface area contributed by atoms with Gasteiger partial charge >= 0.3 is 0 Å². The number of carbonyl (C=O) groups excluding carboxylic acids is 1. The van der Waals surface area contributed by atoms with Gasteiger partial charge in [0.15, 0.2) is 0 Å². The van der Waals surface area contributed by atoms with E-state index in [2.05, 4.69) is 10.4 Å². The molecule has 1 amide bonds. The van der Waals surface area contributed by atoms with Crippen LogP contribution in [-0.2, 0) is 16.1 Å². The Morgan fingerprint density at radius 3 is 2.89 bits per heavy atom. The number of nitrogens with zero attached hydrogens (tertiary/aromatic N) is 2. The Morgan fingerprint density at radius 1 is 1.61 bits per heavy atom. The molecule has 1 atom stereocenters. The zero-order valence-electron chi connectivity index (χ0n) is 9.94. The first-order chi connectivity index (χ1) is 8.45. The minimum atomic E-state index is -0.598. The molecule has 0 saturated heterocycles. The van der Waals surface area contributed by atoms with Crippen LogP contribution in [0.15, 0.2) is 11.0 Å². The first kappa shape index (κ1) is 14.9. The molecule has 6 nitrogen and oxygen atoms in total. The van der Waals surface area contributed by atoms with Crippen molar-refractivity contribution in [1.82, 2.24) is 15.1 Å². The van der Waals surface area contributed by atoms with E-state index in [0.717, 1.165) is 4.68 Å². The molecular weight excluding hydrogens is 281 g/mol. The van der Waals surface area contributed by atoms with Crippen LogP contribution in [0.25, 0.3) is 0 Å². The van der Waals surface area contributed by atoms with Crippen LogP contribution in [0.4, 0.5) is 0 Å². The molecule has 100 valence electrons. The van der Waals surface area contributed by atoms with Crippen molar-refractivity contribution >= 4 is 29.1 Å². The Balaban J connectivity index is 2.71. The number of halogens is 2. The molecule has 1 aromatic rings. The number of carbonyl (C=O) groups is 1. The summed E-state index contributed by atoms with van der Waals surface area (Å²) in [6.45, 7) is 1.95. The Hall–Kier alpha value is -1.11. The summed E-state index contributed by atoms with van der Waals surface area (Å²) in [6, 6.07) is -0.152. The first-order valence-corrected chi connectivity index (χ1v) is 5.90. The summed E-state index contributed by atoms with van der Waals surface area (Å²) in [6.07, 6.45) is 1.22. The van der Waals surface area contributed by atoms with E-state index in [1.165, 1.54) is 13.3 Å². The highest BCUT2D eigenvalue weighted by molar-refractivity contribution is 6.41.